The van der Waals surface area contributed by atoms with Crippen LogP contribution in [-0.2, 0) is 4.79 Å². The van der Waals surface area contributed by atoms with E-state index in [-0.39, 0.29) is 11.9 Å². The summed E-state index contributed by atoms with van der Waals surface area (Å²) < 4.78 is 13.2. The number of thioether (sulfide) groups is 1. The van der Waals surface area contributed by atoms with Gasteiger partial charge in [-0.2, -0.15) is 0 Å². The molecule has 2 aliphatic heterocycles. The van der Waals surface area contributed by atoms with Crippen molar-refractivity contribution < 1.29 is 14.3 Å². The number of aromatic nitrogens is 4. The van der Waals surface area contributed by atoms with Crippen LogP contribution < -0.4 is 9.47 Å². The van der Waals surface area contributed by atoms with E-state index in [0.29, 0.717) is 25.0 Å². The van der Waals surface area contributed by atoms with Gasteiger partial charge in [0.2, 0.25) is 11.1 Å². The largest absolute Gasteiger partial charge is 0.486 e. The Morgan fingerprint density at radius 1 is 1.10 bits per heavy atom. The molecule has 1 aromatic carbocycles. The van der Waals surface area contributed by atoms with E-state index in [4.69, 9.17) is 9.47 Å². The third-order valence-electron chi connectivity index (χ3n) is 5.98. The number of hydrogen-bond acceptors (Lipinski definition) is 7. The fraction of sp³-hybridized carbons (Fsp3) is 0.600. The predicted octanol–water partition coefficient (Wildman–Crippen LogP) is 3.02. The molecule has 3 aliphatic rings. The highest BCUT2D eigenvalue weighted by molar-refractivity contribution is 7.99. The summed E-state index contributed by atoms with van der Waals surface area (Å²) in [6, 6.07) is 6.50. The number of rotatable bonds is 5. The van der Waals surface area contributed by atoms with Gasteiger partial charge >= 0.3 is 0 Å². The minimum atomic E-state index is 0.0877. The van der Waals surface area contributed by atoms with E-state index in [1.165, 1.54) is 24.6 Å². The first-order valence-corrected chi connectivity index (χ1v) is 11.4. The zero-order valence-corrected chi connectivity index (χ0v) is 17.1. The standard InChI is InChI=1S/C20H25N5O3S/c26-19(13-29-20-21-22-23-25(20)15-4-1-2-5-15)24-9-3-6-16(24)14-7-8-17-18(12-14)28-11-10-27-17/h7-8,12,15-16H,1-6,9-11,13H2/t16-/m0/s1. The molecule has 29 heavy (non-hydrogen) atoms. The summed E-state index contributed by atoms with van der Waals surface area (Å²) in [6.07, 6.45) is 6.65. The summed E-state index contributed by atoms with van der Waals surface area (Å²) in [6.45, 7) is 1.93. The summed E-state index contributed by atoms with van der Waals surface area (Å²) in [5.74, 6) is 2.05. The van der Waals surface area contributed by atoms with Crippen LogP contribution in [0, 0.1) is 0 Å². The summed E-state index contributed by atoms with van der Waals surface area (Å²) >= 11 is 1.45. The minimum Gasteiger partial charge on any atom is -0.486 e. The molecule has 2 fully saturated rings. The molecule has 1 aliphatic carbocycles. The lowest BCUT2D eigenvalue weighted by Crippen LogP contribution is -2.32. The summed E-state index contributed by atoms with van der Waals surface area (Å²) in [7, 11) is 0. The first kappa shape index (κ1) is 18.7. The van der Waals surface area contributed by atoms with Crippen molar-refractivity contribution in [3.8, 4) is 11.5 Å². The Morgan fingerprint density at radius 3 is 2.79 bits per heavy atom. The topological polar surface area (TPSA) is 82.4 Å². The molecule has 0 unspecified atom stereocenters. The van der Waals surface area contributed by atoms with Gasteiger partial charge in [-0.25, -0.2) is 4.68 Å². The van der Waals surface area contributed by atoms with Crippen molar-refractivity contribution in [3.05, 3.63) is 23.8 Å². The highest BCUT2D eigenvalue weighted by atomic mass is 32.2. The van der Waals surface area contributed by atoms with Gasteiger partial charge in [-0.3, -0.25) is 4.79 Å². The van der Waals surface area contributed by atoms with E-state index >= 15 is 0 Å². The lowest BCUT2D eigenvalue weighted by molar-refractivity contribution is -0.129. The number of hydrogen-bond donors (Lipinski definition) is 0. The van der Waals surface area contributed by atoms with Gasteiger partial charge in [0.15, 0.2) is 11.5 Å². The van der Waals surface area contributed by atoms with Crippen molar-refractivity contribution >= 4 is 17.7 Å². The Kier molecular flexibility index (Phi) is 5.30. The number of nitrogens with zero attached hydrogens (tertiary/aromatic N) is 5. The number of carbonyl (C=O) groups is 1. The Morgan fingerprint density at radius 2 is 1.93 bits per heavy atom. The highest BCUT2D eigenvalue weighted by Crippen LogP contribution is 2.38. The molecule has 2 aromatic rings. The minimum absolute atomic E-state index is 0.0877. The quantitative estimate of drug-likeness (QED) is 0.694. The average molecular weight is 416 g/mol. The molecule has 1 amide bonds. The monoisotopic (exact) mass is 415 g/mol. The maximum Gasteiger partial charge on any atom is 0.233 e. The van der Waals surface area contributed by atoms with E-state index in [2.05, 4.69) is 21.6 Å². The first-order chi connectivity index (χ1) is 14.3. The molecular weight excluding hydrogens is 390 g/mol. The van der Waals surface area contributed by atoms with Gasteiger partial charge in [0.25, 0.3) is 0 Å². The Labute approximate surface area is 173 Å². The normalized spacial score (nSPS) is 21.7. The van der Waals surface area contributed by atoms with Crippen LogP contribution in [0.1, 0.15) is 56.2 Å². The predicted molar refractivity (Wildman–Crippen MR) is 107 cm³/mol. The molecule has 154 valence electrons. The molecule has 0 spiro atoms. The molecule has 3 heterocycles. The van der Waals surface area contributed by atoms with Crippen molar-refractivity contribution in [1.82, 2.24) is 25.1 Å². The zero-order valence-electron chi connectivity index (χ0n) is 16.3. The van der Waals surface area contributed by atoms with E-state index in [1.807, 2.05) is 21.7 Å². The number of benzene rings is 1. The molecule has 0 bridgehead atoms. The molecule has 5 rings (SSSR count). The number of fused-ring (bicyclic) bond motifs is 1. The SMILES string of the molecule is O=C(CSc1nnnn1C1CCCC1)N1CCC[C@H]1c1ccc2c(c1)OCCO2. The second-order valence-corrected chi connectivity index (χ2v) is 8.72. The number of likely N-dealkylation sites (tertiary alicyclic amines) is 1. The molecule has 9 heteroatoms. The van der Waals surface area contributed by atoms with Gasteiger partial charge in [-0.15, -0.1) is 5.10 Å². The molecular formula is C20H25N5O3S. The number of tetrazole rings is 1. The van der Waals surface area contributed by atoms with E-state index in [0.717, 1.165) is 54.4 Å². The third-order valence-corrected chi connectivity index (χ3v) is 6.90. The van der Waals surface area contributed by atoms with Gasteiger partial charge < -0.3 is 14.4 Å². The van der Waals surface area contributed by atoms with Crippen molar-refractivity contribution in [2.75, 3.05) is 25.5 Å². The molecule has 1 saturated carbocycles. The van der Waals surface area contributed by atoms with Crippen LogP contribution in [0.4, 0.5) is 0 Å². The first-order valence-electron chi connectivity index (χ1n) is 10.4. The number of amides is 1. The molecule has 0 N–H and O–H groups in total. The van der Waals surface area contributed by atoms with Crippen LogP contribution >= 0.6 is 11.8 Å². The van der Waals surface area contributed by atoms with Gasteiger partial charge in [-0.05, 0) is 53.8 Å². The van der Waals surface area contributed by atoms with E-state index in [1.54, 1.807) is 0 Å². The molecule has 1 saturated heterocycles. The highest BCUT2D eigenvalue weighted by Gasteiger charge is 2.31. The van der Waals surface area contributed by atoms with Crippen molar-refractivity contribution in [3.63, 3.8) is 0 Å². The van der Waals surface area contributed by atoms with E-state index < -0.39 is 0 Å². The van der Waals surface area contributed by atoms with Crippen LogP contribution in [0.2, 0.25) is 0 Å². The third kappa shape index (κ3) is 3.80. The van der Waals surface area contributed by atoms with Crippen LogP contribution in [0.15, 0.2) is 23.4 Å². The fourth-order valence-electron chi connectivity index (χ4n) is 4.55. The lowest BCUT2D eigenvalue weighted by Gasteiger charge is -2.26. The lowest BCUT2D eigenvalue weighted by atomic mass is 10.0. The number of ether oxygens (including phenoxy) is 2. The van der Waals surface area contributed by atoms with Gasteiger partial charge in [0, 0.05) is 6.54 Å². The van der Waals surface area contributed by atoms with Crippen molar-refractivity contribution in [2.45, 2.75) is 55.8 Å². The van der Waals surface area contributed by atoms with E-state index in [9.17, 15) is 4.79 Å². The number of carbonyl (C=O) groups excluding carboxylic acids is 1. The Hall–Kier alpha value is -2.29. The maximum absolute atomic E-state index is 13.0. The summed E-state index contributed by atoms with van der Waals surface area (Å²) in [4.78, 5) is 15.0. The van der Waals surface area contributed by atoms with Gasteiger partial charge in [-0.1, -0.05) is 30.7 Å². The Bertz CT molecular complexity index is 883. The second kappa shape index (κ2) is 8.22. The maximum atomic E-state index is 13.0. The van der Waals surface area contributed by atoms with Crippen LogP contribution in [-0.4, -0.2) is 56.5 Å². The molecule has 8 nitrogen and oxygen atoms in total. The Balaban J connectivity index is 1.26. The molecule has 1 aromatic heterocycles. The smallest absolute Gasteiger partial charge is 0.233 e. The molecule has 1 atom stereocenters. The zero-order chi connectivity index (χ0) is 19.6. The van der Waals surface area contributed by atoms with Gasteiger partial charge in [0.05, 0.1) is 17.8 Å². The fourth-order valence-corrected chi connectivity index (χ4v) is 5.38. The van der Waals surface area contributed by atoms with Crippen LogP contribution in [0.25, 0.3) is 0 Å². The molecule has 0 radical (unpaired) electrons. The van der Waals surface area contributed by atoms with Crippen LogP contribution in [0.3, 0.4) is 0 Å². The van der Waals surface area contributed by atoms with Crippen LogP contribution in [0.5, 0.6) is 11.5 Å². The summed E-state index contributed by atoms with van der Waals surface area (Å²) in [5.41, 5.74) is 1.11. The van der Waals surface area contributed by atoms with Crippen molar-refractivity contribution in [2.24, 2.45) is 0 Å². The second-order valence-electron chi connectivity index (χ2n) is 7.78. The summed E-state index contributed by atoms with van der Waals surface area (Å²) in [5, 5.41) is 12.9. The van der Waals surface area contributed by atoms with Gasteiger partial charge in [0.1, 0.15) is 13.2 Å². The average Bonchev–Trinajstić information content (AvgIpc) is 3.52. The van der Waals surface area contributed by atoms with Crippen molar-refractivity contribution in [1.29, 1.82) is 0 Å².